The molecule has 0 radical (unpaired) electrons. The molecule has 4 rings (SSSR count). The van der Waals surface area contributed by atoms with Crippen molar-refractivity contribution in [1.82, 2.24) is 19.4 Å². The van der Waals surface area contributed by atoms with Gasteiger partial charge in [0.2, 0.25) is 0 Å². The van der Waals surface area contributed by atoms with Crippen LogP contribution in [0.2, 0.25) is 0 Å². The molecular formula is C30H32N8O4. The summed E-state index contributed by atoms with van der Waals surface area (Å²) in [4.78, 5) is 42.5. The lowest BCUT2D eigenvalue weighted by atomic mass is 10.1. The standard InChI is InChI=1S/C30H32N8O4/c1-37-18-23(14-25(37)29(40)33-13-12-27(31)32)36-30(41)26-15-22(17-38(26)2)35-28(39)20-7-9-21(34-16-20)8-4-19-5-10-24(42-3)11-6-19/h4-11,14-18H,12-13H2,1-3H3,(H3,31,32)(H,33,40)(H,35,39)(H,36,41). The number of hydrogen-bond donors (Lipinski definition) is 5. The van der Waals surface area contributed by atoms with Crippen LogP contribution < -0.4 is 26.4 Å². The average molecular weight is 569 g/mol. The molecule has 4 aromatic rings. The van der Waals surface area contributed by atoms with Crippen LogP contribution in [0.3, 0.4) is 0 Å². The van der Waals surface area contributed by atoms with Crippen LogP contribution >= 0.6 is 0 Å². The Bertz CT molecular complexity index is 1630. The van der Waals surface area contributed by atoms with Gasteiger partial charge in [-0.3, -0.25) is 24.8 Å². The van der Waals surface area contributed by atoms with Crippen LogP contribution in [-0.4, -0.2) is 51.3 Å². The van der Waals surface area contributed by atoms with Crippen LogP contribution in [0.5, 0.6) is 5.75 Å². The highest BCUT2D eigenvalue weighted by atomic mass is 16.5. The number of benzene rings is 1. The second kappa shape index (κ2) is 13.1. The van der Waals surface area contributed by atoms with Gasteiger partial charge in [-0.1, -0.05) is 18.2 Å². The van der Waals surface area contributed by atoms with Gasteiger partial charge in [-0.05, 0) is 48.0 Å². The summed E-state index contributed by atoms with van der Waals surface area (Å²) in [6.45, 7) is 0.237. The maximum atomic E-state index is 13.0. The molecule has 3 amide bonds. The lowest BCUT2D eigenvalue weighted by Gasteiger charge is -2.04. The van der Waals surface area contributed by atoms with Gasteiger partial charge in [0.05, 0.1) is 35.6 Å². The molecule has 42 heavy (non-hydrogen) atoms. The summed E-state index contributed by atoms with van der Waals surface area (Å²) in [5.74, 6) is -0.367. The van der Waals surface area contributed by atoms with E-state index in [1.807, 2.05) is 36.4 Å². The summed E-state index contributed by atoms with van der Waals surface area (Å²) in [5, 5.41) is 15.5. The fourth-order valence-corrected chi connectivity index (χ4v) is 4.05. The smallest absolute Gasteiger partial charge is 0.272 e. The number of nitrogens with one attached hydrogen (secondary N) is 4. The number of rotatable bonds is 11. The minimum atomic E-state index is -0.415. The molecule has 3 aromatic heterocycles. The highest BCUT2D eigenvalue weighted by Gasteiger charge is 2.17. The van der Waals surface area contributed by atoms with Crippen LogP contribution in [0.15, 0.2) is 67.1 Å². The predicted molar refractivity (Wildman–Crippen MR) is 162 cm³/mol. The van der Waals surface area contributed by atoms with Crippen molar-refractivity contribution >= 4 is 47.1 Å². The van der Waals surface area contributed by atoms with E-state index in [1.165, 1.54) is 6.20 Å². The van der Waals surface area contributed by atoms with Crippen LogP contribution in [0.1, 0.15) is 49.0 Å². The number of pyridine rings is 1. The van der Waals surface area contributed by atoms with Gasteiger partial charge >= 0.3 is 0 Å². The molecule has 0 saturated carbocycles. The average Bonchev–Trinajstić information content (AvgIpc) is 3.53. The fourth-order valence-electron chi connectivity index (χ4n) is 4.05. The zero-order valence-corrected chi connectivity index (χ0v) is 23.5. The van der Waals surface area contributed by atoms with Gasteiger partial charge in [0, 0.05) is 45.7 Å². The number of nitrogens with two attached hydrogens (primary N) is 1. The van der Waals surface area contributed by atoms with E-state index in [1.54, 1.807) is 67.0 Å². The third-order valence-electron chi connectivity index (χ3n) is 6.28. The first-order valence-corrected chi connectivity index (χ1v) is 13.0. The second-order valence-electron chi connectivity index (χ2n) is 9.47. The van der Waals surface area contributed by atoms with Crippen molar-refractivity contribution in [2.24, 2.45) is 19.8 Å². The van der Waals surface area contributed by atoms with Crippen LogP contribution in [0.25, 0.3) is 12.2 Å². The quantitative estimate of drug-likeness (QED) is 0.137. The second-order valence-corrected chi connectivity index (χ2v) is 9.47. The highest BCUT2D eigenvalue weighted by Crippen LogP contribution is 2.19. The van der Waals surface area contributed by atoms with Crippen LogP contribution in [-0.2, 0) is 14.1 Å². The van der Waals surface area contributed by atoms with E-state index in [0.29, 0.717) is 34.0 Å². The van der Waals surface area contributed by atoms with Gasteiger partial charge in [-0.2, -0.15) is 0 Å². The summed E-state index contributed by atoms with van der Waals surface area (Å²) in [6, 6.07) is 14.1. The van der Waals surface area contributed by atoms with Gasteiger partial charge in [0.25, 0.3) is 17.7 Å². The molecule has 0 fully saturated rings. The van der Waals surface area contributed by atoms with Gasteiger partial charge in [-0.25, -0.2) is 0 Å². The maximum Gasteiger partial charge on any atom is 0.272 e. The molecule has 0 spiro atoms. The Morgan fingerprint density at radius 1 is 0.905 bits per heavy atom. The van der Waals surface area contributed by atoms with E-state index < -0.39 is 5.91 Å². The van der Waals surface area contributed by atoms with Crippen molar-refractivity contribution in [2.75, 3.05) is 24.3 Å². The maximum absolute atomic E-state index is 13.0. The summed E-state index contributed by atoms with van der Waals surface area (Å²) in [6.07, 6.45) is 8.75. The summed E-state index contributed by atoms with van der Waals surface area (Å²) >= 11 is 0. The number of aromatic nitrogens is 3. The van der Waals surface area contributed by atoms with E-state index in [0.717, 1.165) is 11.3 Å². The number of anilines is 2. The van der Waals surface area contributed by atoms with Crippen molar-refractivity contribution in [1.29, 1.82) is 5.41 Å². The highest BCUT2D eigenvalue weighted by molar-refractivity contribution is 6.07. The normalized spacial score (nSPS) is 10.8. The summed E-state index contributed by atoms with van der Waals surface area (Å²) < 4.78 is 8.34. The molecule has 216 valence electrons. The van der Waals surface area contributed by atoms with E-state index in [2.05, 4.69) is 20.9 Å². The Morgan fingerprint density at radius 2 is 1.52 bits per heavy atom. The van der Waals surface area contributed by atoms with Crippen molar-refractivity contribution in [3.8, 4) is 5.75 Å². The first-order chi connectivity index (χ1) is 20.1. The third kappa shape index (κ3) is 7.50. The Labute approximate surface area is 242 Å². The molecule has 12 nitrogen and oxygen atoms in total. The lowest BCUT2D eigenvalue weighted by molar-refractivity contribution is 0.0945. The van der Waals surface area contributed by atoms with Crippen molar-refractivity contribution in [3.05, 3.63) is 95.3 Å². The molecule has 0 saturated heterocycles. The van der Waals surface area contributed by atoms with Crippen molar-refractivity contribution < 1.29 is 19.1 Å². The molecule has 3 heterocycles. The summed E-state index contributed by atoms with van der Waals surface area (Å²) in [5.41, 5.74) is 8.87. The molecule has 0 unspecified atom stereocenters. The molecule has 0 aliphatic carbocycles. The minimum Gasteiger partial charge on any atom is -0.497 e. The number of ether oxygens (including phenoxy) is 1. The first kappa shape index (κ1) is 29.3. The zero-order valence-electron chi connectivity index (χ0n) is 23.5. The Hall–Kier alpha value is -5.65. The topological polar surface area (TPSA) is 169 Å². The van der Waals surface area contributed by atoms with Crippen molar-refractivity contribution in [3.63, 3.8) is 0 Å². The third-order valence-corrected chi connectivity index (χ3v) is 6.28. The molecule has 0 aliphatic heterocycles. The van der Waals surface area contributed by atoms with Crippen molar-refractivity contribution in [2.45, 2.75) is 6.42 Å². The number of amidine groups is 1. The monoisotopic (exact) mass is 568 g/mol. The number of hydrogen-bond acceptors (Lipinski definition) is 6. The summed E-state index contributed by atoms with van der Waals surface area (Å²) in [7, 11) is 4.99. The largest absolute Gasteiger partial charge is 0.497 e. The SMILES string of the molecule is COc1ccc(C=Cc2ccc(C(=O)Nc3cc(C(=O)Nc4cc(C(=O)NCCC(=N)N)n(C)c4)n(C)c3)cn2)cc1. The number of amides is 3. The molecule has 6 N–H and O–H groups in total. The Morgan fingerprint density at radius 3 is 2.10 bits per heavy atom. The van der Waals surface area contributed by atoms with E-state index in [4.69, 9.17) is 15.9 Å². The van der Waals surface area contributed by atoms with E-state index in [9.17, 15) is 14.4 Å². The molecular weight excluding hydrogens is 536 g/mol. The minimum absolute atomic E-state index is 0.0167. The number of methoxy groups -OCH3 is 1. The molecule has 0 atom stereocenters. The Kier molecular flexibility index (Phi) is 9.17. The number of aryl methyl sites for hydroxylation is 2. The fraction of sp³-hybridized carbons (Fsp3) is 0.167. The zero-order chi connectivity index (χ0) is 30.2. The van der Waals surface area contributed by atoms with E-state index >= 15 is 0 Å². The number of carbonyl (C=O) groups excluding carboxylic acids is 3. The molecule has 1 aromatic carbocycles. The number of nitrogens with zero attached hydrogens (tertiary/aromatic N) is 3. The van der Waals surface area contributed by atoms with Crippen LogP contribution in [0, 0.1) is 5.41 Å². The van der Waals surface area contributed by atoms with Gasteiger partial charge in [-0.15, -0.1) is 0 Å². The molecule has 12 heteroatoms. The lowest BCUT2D eigenvalue weighted by Crippen LogP contribution is -2.28. The van der Waals surface area contributed by atoms with Crippen LogP contribution in [0.4, 0.5) is 11.4 Å². The van der Waals surface area contributed by atoms with Gasteiger partial charge < -0.3 is 35.6 Å². The predicted octanol–water partition coefficient (Wildman–Crippen LogP) is 3.50. The van der Waals surface area contributed by atoms with Gasteiger partial charge in [0.1, 0.15) is 17.1 Å². The first-order valence-electron chi connectivity index (χ1n) is 13.0. The number of carbonyl (C=O) groups is 3. The van der Waals surface area contributed by atoms with E-state index in [-0.39, 0.29) is 30.6 Å². The molecule has 0 aliphatic rings. The molecule has 0 bridgehead atoms. The Balaban J connectivity index is 1.35. The van der Waals surface area contributed by atoms with Gasteiger partial charge in [0.15, 0.2) is 0 Å².